The van der Waals surface area contributed by atoms with Crippen LogP contribution in [0.2, 0.25) is 0 Å². The Kier molecular flexibility index (Phi) is 7.48. The second-order valence-corrected chi connectivity index (χ2v) is 7.92. The molecular formula is C17H24F2N2O4S. The fraction of sp³-hybridized carbons (Fsp3) is 0.588. The van der Waals surface area contributed by atoms with E-state index in [-0.39, 0.29) is 29.7 Å². The van der Waals surface area contributed by atoms with Crippen molar-refractivity contribution >= 4 is 15.9 Å². The summed E-state index contributed by atoms with van der Waals surface area (Å²) >= 11 is 0. The molecule has 0 spiro atoms. The van der Waals surface area contributed by atoms with Gasteiger partial charge in [-0.3, -0.25) is 4.79 Å². The number of rotatable bonds is 9. The quantitative estimate of drug-likeness (QED) is 0.702. The lowest BCUT2D eigenvalue weighted by Crippen LogP contribution is -2.36. The normalized spacial score (nSPS) is 17.6. The van der Waals surface area contributed by atoms with Crippen LogP contribution in [0.4, 0.5) is 8.78 Å². The molecule has 6 nitrogen and oxygen atoms in total. The summed E-state index contributed by atoms with van der Waals surface area (Å²) in [4.78, 5) is 13.4. The van der Waals surface area contributed by atoms with E-state index < -0.39 is 28.9 Å². The Balaban J connectivity index is 2.13. The topological polar surface area (TPSA) is 75.7 Å². The van der Waals surface area contributed by atoms with Crippen molar-refractivity contribution < 1.29 is 26.7 Å². The molecule has 1 saturated heterocycles. The minimum atomic E-state index is -3.81. The van der Waals surface area contributed by atoms with Gasteiger partial charge in [-0.25, -0.2) is 21.9 Å². The maximum atomic E-state index is 12.7. The lowest BCUT2D eigenvalue weighted by Gasteiger charge is -2.22. The summed E-state index contributed by atoms with van der Waals surface area (Å²) in [6, 6.07) is 5.44. The van der Waals surface area contributed by atoms with Crippen LogP contribution in [0.5, 0.6) is 0 Å². The van der Waals surface area contributed by atoms with Crippen LogP contribution in [-0.4, -0.2) is 58.0 Å². The molecule has 0 radical (unpaired) electrons. The zero-order chi connectivity index (χ0) is 19.2. The largest absolute Gasteiger partial charge is 0.377 e. The molecule has 1 aliphatic heterocycles. The monoisotopic (exact) mass is 390 g/mol. The zero-order valence-electron chi connectivity index (χ0n) is 14.7. The molecule has 9 heteroatoms. The molecule has 1 unspecified atom stereocenters. The first-order valence-electron chi connectivity index (χ1n) is 8.62. The number of carbonyl (C=O) groups is 1. The van der Waals surface area contributed by atoms with Gasteiger partial charge in [-0.15, -0.1) is 0 Å². The van der Waals surface area contributed by atoms with Gasteiger partial charge in [-0.2, -0.15) is 0 Å². The number of amides is 1. The van der Waals surface area contributed by atoms with Crippen LogP contribution < -0.4 is 4.72 Å². The van der Waals surface area contributed by atoms with E-state index >= 15 is 0 Å². The fourth-order valence-corrected chi connectivity index (χ4v) is 3.89. The van der Waals surface area contributed by atoms with Crippen LogP contribution in [0.1, 0.15) is 36.5 Å². The molecule has 0 aromatic heterocycles. The second-order valence-electron chi connectivity index (χ2n) is 6.16. The summed E-state index contributed by atoms with van der Waals surface area (Å²) in [7, 11) is -3.81. The van der Waals surface area contributed by atoms with E-state index in [2.05, 4.69) is 4.72 Å². The van der Waals surface area contributed by atoms with Gasteiger partial charge in [0, 0.05) is 25.3 Å². The molecule has 1 fully saturated rings. The Morgan fingerprint density at radius 3 is 2.81 bits per heavy atom. The SMILES string of the molecule is CCCN(CC(F)F)C(=O)c1cccc(S(=O)(=O)NCC2CCCO2)c1. The maximum Gasteiger partial charge on any atom is 0.255 e. The van der Waals surface area contributed by atoms with E-state index in [1.54, 1.807) is 6.92 Å². The smallest absolute Gasteiger partial charge is 0.255 e. The third kappa shape index (κ3) is 5.72. The molecule has 0 saturated carbocycles. The van der Waals surface area contributed by atoms with Crippen molar-refractivity contribution in [1.29, 1.82) is 0 Å². The van der Waals surface area contributed by atoms with Crippen LogP contribution in [0.3, 0.4) is 0 Å². The molecule has 0 bridgehead atoms. The molecule has 146 valence electrons. The van der Waals surface area contributed by atoms with Crippen LogP contribution in [-0.2, 0) is 14.8 Å². The minimum Gasteiger partial charge on any atom is -0.377 e. The predicted molar refractivity (Wildman–Crippen MR) is 92.8 cm³/mol. The number of nitrogens with zero attached hydrogens (tertiary/aromatic N) is 1. The van der Waals surface area contributed by atoms with Crippen molar-refractivity contribution in [2.75, 3.05) is 26.2 Å². The summed E-state index contributed by atoms with van der Waals surface area (Å²) in [6.07, 6.45) is -0.584. The van der Waals surface area contributed by atoms with Gasteiger partial charge in [0.25, 0.3) is 12.3 Å². The number of ether oxygens (including phenoxy) is 1. The van der Waals surface area contributed by atoms with Crippen LogP contribution >= 0.6 is 0 Å². The maximum absolute atomic E-state index is 12.7. The van der Waals surface area contributed by atoms with Crippen molar-refractivity contribution in [2.45, 2.75) is 43.6 Å². The molecule has 1 amide bonds. The first-order chi connectivity index (χ1) is 12.3. The summed E-state index contributed by atoms with van der Waals surface area (Å²) in [5, 5.41) is 0. The van der Waals surface area contributed by atoms with Gasteiger partial charge < -0.3 is 9.64 Å². The van der Waals surface area contributed by atoms with E-state index in [1.807, 2.05) is 0 Å². The van der Waals surface area contributed by atoms with Crippen LogP contribution in [0.25, 0.3) is 0 Å². The molecule has 1 aliphatic rings. The Morgan fingerprint density at radius 1 is 1.42 bits per heavy atom. The highest BCUT2D eigenvalue weighted by molar-refractivity contribution is 7.89. The lowest BCUT2D eigenvalue weighted by molar-refractivity contribution is 0.0555. The molecular weight excluding hydrogens is 366 g/mol. The second kappa shape index (κ2) is 9.38. The molecule has 0 aliphatic carbocycles. The highest BCUT2D eigenvalue weighted by Gasteiger charge is 2.23. The predicted octanol–water partition coefficient (Wildman–Crippen LogP) is 2.26. The van der Waals surface area contributed by atoms with Gasteiger partial charge in [0.05, 0.1) is 17.5 Å². The molecule has 1 heterocycles. The van der Waals surface area contributed by atoms with Crippen molar-refractivity contribution in [2.24, 2.45) is 0 Å². The highest BCUT2D eigenvalue weighted by atomic mass is 32.2. The standard InChI is InChI=1S/C17H24F2N2O4S/c1-2-8-21(12-16(18)19)17(22)13-5-3-7-15(10-13)26(23,24)20-11-14-6-4-9-25-14/h3,5,7,10,14,16,20H,2,4,6,8-9,11-12H2,1H3. The van der Waals surface area contributed by atoms with Crippen molar-refractivity contribution in [3.8, 4) is 0 Å². The first kappa shape index (κ1) is 20.7. The van der Waals surface area contributed by atoms with Gasteiger partial charge in [0.15, 0.2) is 0 Å². The van der Waals surface area contributed by atoms with Crippen molar-refractivity contribution in [3.63, 3.8) is 0 Å². The number of hydrogen-bond donors (Lipinski definition) is 1. The number of halogens is 2. The van der Waals surface area contributed by atoms with Gasteiger partial charge in [-0.05, 0) is 37.5 Å². The van der Waals surface area contributed by atoms with Crippen molar-refractivity contribution in [3.05, 3.63) is 29.8 Å². The molecule has 26 heavy (non-hydrogen) atoms. The summed E-state index contributed by atoms with van der Waals surface area (Å²) in [6.45, 7) is 2.06. The Bertz CT molecular complexity index is 706. The van der Waals surface area contributed by atoms with Crippen LogP contribution in [0, 0.1) is 0 Å². The number of hydrogen-bond acceptors (Lipinski definition) is 4. The lowest BCUT2D eigenvalue weighted by atomic mass is 10.2. The highest BCUT2D eigenvalue weighted by Crippen LogP contribution is 2.16. The minimum absolute atomic E-state index is 0.0686. The fourth-order valence-electron chi connectivity index (χ4n) is 2.78. The van der Waals surface area contributed by atoms with Crippen LogP contribution in [0.15, 0.2) is 29.2 Å². The number of nitrogens with one attached hydrogen (secondary N) is 1. The zero-order valence-corrected chi connectivity index (χ0v) is 15.5. The average molecular weight is 390 g/mol. The van der Waals surface area contributed by atoms with E-state index in [0.29, 0.717) is 13.0 Å². The van der Waals surface area contributed by atoms with E-state index in [1.165, 1.54) is 24.3 Å². The van der Waals surface area contributed by atoms with E-state index in [0.717, 1.165) is 17.7 Å². The molecule has 1 aromatic rings. The number of alkyl halides is 2. The number of carbonyl (C=O) groups excluding carboxylic acids is 1. The van der Waals surface area contributed by atoms with E-state index in [9.17, 15) is 22.0 Å². The van der Waals surface area contributed by atoms with Gasteiger partial charge in [0.1, 0.15) is 0 Å². The third-order valence-electron chi connectivity index (χ3n) is 4.06. The number of sulfonamides is 1. The Labute approximate surface area is 152 Å². The molecule has 1 N–H and O–H groups in total. The number of benzene rings is 1. The average Bonchev–Trinajstić information content (AvgIpc) is 3.12. The third-order valence-corrected chi connectivity index (χ3v) is 5.48. The van der Waals surface area contributed by atoms with E-state index in [4.69, 9.17) is 4.74 Å². The first-order valence-corrected chi connectivity index (χ1v) is 10.1. The summed E-state index contributed by atoms with van der Waals surface area (Å²) < 4.78 is 58.1. The van der Waals surface area contributed by atoms with Gasteiger partial charge in [0.2, 0.25) is 10.0 Å². The Morgan fingerprint density at radius 2 is 2.19 bits per heavy atom. The summed E-state index contributed by atoms with van der Waals surface area (Å²) in [5.74, 6) is -0.608. The molecule has 1 aromatic carbocycles. The molecule has 2 rings (SSSR count). The van der Waals surface area contributed by atoms with Gasteiger partial charge in [-0.1, -0.05) is 13.0 Å². The van der Waals surface area contributed by atoms with Crippen molar-refractivity contribution in [1.82, 2.24) is 9.62 Å². The van der Waals surface area contributed by atoms with Gasteiger partial charge >= 0.3 is 0 Å². The summed E-state index contributed by atoms with van der Waals surface area (Å²) in [5.41, 5.74) is 0.0686. The molecule has 1 atom stereocenters. The Hall–Kier alpha value is -1.58.